The third kappa shape index (κ3) is 3.13. The molecule has 0 bridgehead atoms. The minimum atomic E-state index is 0.0707. The Kier molecular flexibility index (Phi) is 4.42. The van der Waals surface area contributed by atoms with Gasteiger partial charge in [-0.1, -0.05) is 41.6 Å². The Morgan fingerprint density at radius 3 is 2.88 bits per heavy atom. The van der Waals surface area contributed by atoms with Gasteiger partial charge in [0.15, 0.2) is 0 Å². The molecule has 5 nitrogen and oxygen atoms in total. The highest BCUT2D eigenvalue weighted by atomic mass is 32.1. The topological polar surface area (TPSA) is 51.4 Å². The van der Waals surface area contributed by atoms with Crippen LogP contribution in [0.5, 0.6) is 0 Å². The van der Waals surface area contributed by atoms with Crippen LogP contribution < -0.4 is 0 Å². The van der Waals surface area contributed by atoms with Crippen LogP contribution in [0.4, 0.5) is 0 Å². The number of nitrogens with zero attached hydrogens (tertiary/aromatic N) is 3. The smallest absolute Gasteiger partial charge is 0.244 e. The van der Waals surface area contributed by atoms with Crippen LogP contribution in [0.25, 0.3) is 10.7 Å². The maximum atomic E-state index is 5.94. The van der Waals surface area contributed by atoms with Gasteiger partial charge in [0.1, 0.15) is 0 Å². The van der Waals surface area contributed by atoms with Gasteiger partial charge in [0.05, 0.1) is 23.6 Å². The van der Waals surface area contributed by atoms with Crippen molar-refractivity contribution in [2.24, 2.45) is 0 Å². The highest BCUT2D eigenvalue weighted by molar-refractivity contribution is 7.13. The molecule has 0 spiro atoms. The lowest BCUT2D eigenvalue weighted by molar-refractivity contribution is -0.0469. The summed E-state index contributed by atoms with van der Waals surface area (Å²) in [6.45, 7) is 4.50. The zero-order valence-electron chi connectivity index (χ0n) is 13.5. The quantitative estimate of drug-likeness (QED) is 0.719. The molecule has 24 heavy (non-hydrogen) atoms. The highest BCUT2D eigenvalue weighted by Crippen LogP contribution is 2.29. The van der Waals surface area contributed by atoms with Crippen molar-refractivity contribution in [1.82, 2.24) is 15.0 Å². The van der Waals surface area contributed by atoms with Crippen molar-refractivity contribution in [3.63, 3.8) is 0 Å². The van der Waals surface area contributed by atoms with Gasteiger partial charge in [-0.3, -0.25) is 4.90 Å². The standard InChI is InChI=1S/C18H19N3O2S/c1-13(18-19-17(20-23-18)16-8-5-11-24-16)21-9-10-22-15(12-21)14-6-3-2-4-7-14/h2-8,11,13,15H,9-10,12H2,1H3. The SMILES string of the molecule is CC(c1nc(-c2cccs2)no1)N1CCOC(c2ccccc2)C1. The second-order valence-electron chi connectivity index (χ2n) is 5.87. The molecule has 2 atom stereocenters. The molecule has 3 heterocycles. The van der Waals surface area contributed by atoms with Gasteiger partial charge in [0, 0.05) is 13.1 Å². The van der Waals surface area contributed by atoms with Crippen LogP contribution in [0.15, 0.2) is 52.4 Å². The monoisotopic (exact) mass is 341 g/mol. The van der Waals surface area contributed by atoms with Crippen LogP contribution in [0, 0.1) is 0 Å². The average Bonchev–Trinajstić information content (AvgIpc) is 3.33. The number of aromatic nitrogens is 2. The lowest BCUT2D eigenvalue weighted by atomic mass is 10.1. The largest absolute Gasteiger partial charge is 0.371 e. The number of hydrogen-bond donors (Lipinski definition) is 0. The summed E-state index contributed by atoms with van der Waals surface area (Å²) in [6.07, 6.45) is 0.0853. The van der Waals surface area contributed by atoms with Gasteiger partial charge in [-0.05, 0) is 23.9 Å². The van der Waals surface area contributed by atoms with Gasteiger partial charge >= 0.3 is 0 Å². The molecule has 1 fully saturated rings. The molecule has 1 aliphatic rings. The predicted octanol–water partition coefficient (Wildman–Crippen LogP) is 3.93. The van der Waals surface area contributed by atoms with Gasteiger partial charge < -0.3 is 9.26 Å². The van der Waals surface area contributed by atoms with E-state index in [9.17, 15) is 0 Å². The number of thiophene rings is 1. The first-order chi connectivity index (χ1) is 11.8. The van der Waals surface area contributed by atoms with Gasteiger partial charge in [0.25, 0.3) is 0 Å². The molecule has 0 radical (unpaired) electrons. The second kappa shape index (κ2) is 6.84. The molecule has 2 unspecified atom stereocenters. The van der Waals surface area contributed by atoms with Gasteiger partial charge in [0.2, 0.25) is 11.7 Å². The normalized spacial score (nSPS) is 20.1. The fourth-order valence-electron chi connectivity index (χ4n) is 2.96. The molecule has 0 saturated carbocycles. The van der Waals surface area contributed by atoms with E-state index in [-0.39, 0.29) is 12.1 Å². The number of benzene rings is 1. The summed E-state index contributed by atoms with van der Waals surface area (Å²) in [6, 6.07) is 14.4. The molecule has 1 aliphatic heterocycles. The first kappa shape index (κ1) is 15.5. The average molecular weight is 341 g/mol. The van der Waals surface area contributed by atoms with Crippen LogP contribution in [0.2, 0.25) is 0 Å². The zero-order valence-corrected chi connectivity index (χ0v) is 14.3. The predicted molar refractivity (Wildman–Crippen MR) is 92.7 cm³/mol. The van der Waals surface area contributed by atoms with Crippen molar-refractivity contribution in [1.29, 1.82) is 0 Å². The van der Waals surface area contributed by atoms with Crippen molar-refractivity contribution in [2.45, 2.75) is 19.1 Å². The first-order valence-corrected chi connectivity index (χ1v) is 8.97. The molecule has 1 saturated heterocycles. The molecule has 1 aromatic carbocycles. The van der Waals surface area contributed by atoms with E-state index in [1.54, 1.807) is 11.3 Å². The van der Waals surface area contributed by atoms with Gasteiger partial charge in [-0.2, -0.15) is 4.98 Å². The van der Waals surface area contributed by atoms with Crippen LogP contribution in [0.1, 0.15) is 30.5 Å². The maximum absolute atomic E-state index is 5.94. The molecule has 2 aromatic heterocycles. The Morgan fingerprint density at radius 2 is 2.08 bits per heavy atom. The van der Waals surface area contributed by atoms with Crippen LogP contribution in [0.3, 0.4) is 0 Å². The van der Waals surface area contributed by atoms with Crippen molar-refractivity contribution >= 4 is 11.3 Å². The minimum absolute atomic E-state index is 0.0707. The second-order valence-corrected chi connectivity index (χ2v) is 6.82. The lowest BCUT2D eigenvalue weighted by Gasteiger charge is -2.35. The summed E-state index contributed by atoms with van der Waals surface area (Å²) in [5, 5.41) is 6.13. The zero-order chi connectivity index (χ0) is 16.4. The highest BCUT2D eigenvalue weighted by Gasteiger charge is 2.29. The molecule has 0 aliphatic carbocycles. The summed E-state index contributed by atoms with van der Waals surface area (Å²) in [4.78, 5) is 7.94. The van der Waals surface area contributed by atoms with E-state index in [0.29, 0.717) is 18.3 Å². The van der Waals surface area contributed by atoms with E-state index in [2.05, 4.69) is 34.1 Å². The number of hydrogen-bond acceptors (Lipinski definition) is 6. The summed E-state index contributed by atoms with van der Waals surface area (Å²) in [5.41, 5.74) is 1.21. The summed E-state index contributed by atoms with van der Waals surface area (Å²) in [5.74, 6) is 1.33. The number of rotatable bonds is 4. The van der Waals surface area contributed by atoms with E-state index in [4.69, 9.17) is 9.26 Å². The van der Waals surface area contributed by atoms with E-state index < -0.39 is 0 Å². The van der Waals surface area contributed by atoms with E-state index in [1.807, 2.05) is 35.7 Å². The third-order valence-corrected chi connectivity index (χ3v) is 5.22. The number of morpholine rings is 1. The van der Waals surface area contributed by atoms with Crippen molar-refractivity contribution in [2.75, 3.05) is 19.7 Å². The molecule has 124 valence electrons. The molecule has 6 heteroatoms. The molecular weight excluding hydrogens is 322 g/mol. The molecular formula is C18H19N3O2S. The molecule has 3 aromatic rings. The minimum Gasteiger partial charge on any atom is -0.371 e. The molecule has 4 rings (SSSR count). The lowest BCUT2D eigenvalue weighted by Crippen LogP contribution is -2.39. The van der Waals surface area contributed by atoms with Crippen LogP contribution in [-0.4, -0.2) is 34.7 Å². The van der Waals surface area contributed by atoms with Crippen molar-refractivity contribution in [3.05, 3.63) is 59.3 Å². The summed E-state index contributed by atoms with van der Waals surface area (Å²) >= 11 is 1.62. The van der Waals surface area contributed by atoms with E-state index in [1.165, 1.54) is 5.56 Å². The first-order valence-electron chi connectivity index (χ1n) is 8.09. The number of ether oxygens (including phenoxy) is 1. The van der Waals surface area contributed by atoms with E-state index >= 15 is 0 Å². The van der Waals surface area contributed by atoms with Gasteiger partial charge in [-0.15, -0.1) is 11.3 Å². The Bertz CT molecular complexity index is 773. The summed E-state index contributed by atoms with van der Waals surface area (Å²) in [7, 11) is 0. The van der Waals surface area contributed by atoms with Crippen LogP contribution >= 0.6 is 11.3 Å². The fraction of sp³-hybridized carbons (Fsp3) is 0.333. The van der Waals surface area contributed by atoms with Crippen LogP contribution in [-0.2, 0) is 4.74 Å². The fourth-order valence-corrected chi connectivity index (χ4v) is 3.61. The maximum Gasteiger partial charge on any atom is 0.244 e. The molecule has 0 N–H and O–H groups in total. The van der Waals surface area contributed by atoms with Crippen molar-refractivity contribution in [3.8, 4) is 10.7 Å². The van der Waals surface area contributed by atoms with Crippen molar-refractivity contribution < 1.29 is 9.26 Å². The Morgan fingerprint density at radius 1 is 1.21 bits per heavy atom. The van der Waals surface area contributed by atoms with Gasteiger partial charge in [-0.25, -0.2) is 0 Å². The Balaban J connectivity index is 1.49. The summed E-state index contributed by atoms with van der Waals surface area (Å²) < 4.78 is 11.4. The third-order valence-electron chi connectivity index (χ3n) is 4.36. The molecule has 0 amide bonds. The Labute approximate surface area is 144 Å². The Hall–Kier alpha value is -2.02. The van der Waals surface area contributed by atoms with E-state index in [0.717, 1.165) is 18.0 Å².